The highest BCUT2D eigenvalue weighted by Crippen LogP contribution is 2.30. The number of rotatable bonds is 7. The third kappa shape index (κ3) is 5.31. The standard InChI is InChI=1S/C21H21BrN4O4/c1-2-9-25(30-13-14-3-7-18(8-4-14)26(28)29)21(27)16-10-15-5-6-17(22)12-19(15)24-20(23)11-16/h3-8,10,12H,2,9,11,13H2,1H3,(H2,23,24). The minimum atomic E-state index is -0.460. The van der Waals surface area contributed by atoms with Crippen molar-refractivity contribution in [3.8, 4) is 0 Å². The fourth-order valence-corrected chi connectivity index (χ4v) is 3.30. The molecule has 1 aliphatic heterocycles. The molecule has 0 unspecified atom stereocenters. The quantitative estimate of drug-likeness (QED) is 0.470. The van der Waals surface area contributed by atoms with Crippen LogP contribution in [0.5, 0.6) is 0 Å². The van der Waals surface area contributed by atoms with Gasteiger partial charge in [-0.2, -0.15) is 0 Å². The molecule has 156 valence electrons. The van der Waals surface area contributed by atoms with Crippen molar-refractivity contribution in [2.24, 2.45) is 10.7 Å². The van der Waals surface area contributed by atoms with Crippen molar-refractivity contribution < 1.29 is 14.6 Å². The first-order valence-electron chi connectivity index (χ1n) is 9.38. The maximum absolute atomic E-state index is 13.2. The zero-order chi connectivity index (χ0) is 21.7. The number of hydrogen-bond donors (Lipinski definition) is 1. The summed E-state index contributed by atoms with van der Waals surface area (Å²) in [6, 6.07) is 11.6. The van der Waals surface area contributed by atoms with Crippen molar-refractivity contribution in [2.45, 2.75) is 26.4 Å². The third-order valence-electron chi connectivity index (χ3n) is 4.42. The molecule has 3 rings (SSSR count). The fraction of sp³-hybridized carbons (Fsp3) is 0.238. The van der Waals surface area contributed by atoms with Gasteiger partial charge in [-0.1, -0.05) is 28.9 Å². The summed E-state index contributed by atoms with van der Waals surface area (Å²) < 4.78 is 0.875. The summed E-state index contributed by atoms with van der Waals surface area (Å²) >= 11 is 3.42. The number of amidine groups is 1. The Hall–Kier alpha value is -3.04. The molecule has 0 atom stereocenters. The fourth-order valence-electron chi connectivity index (χ4n) is 2.96. The van der Waals surface area contributed by atoms with Gasteiger partial charge in [0.2, 0.25) is 0 Å². The molecule has 0 fully saturated rings. The minimum absolute atomic E-state index is 0.00363. The largest absolute Gasteiger partial charge is 0.387 e. The summed E-state index contributed by atoms with van der Waals surface area (Å²) in [7, 11) is 0. The normalized spacial score (nSPS) is 13.0. The van der Waals surface area contributed by atoms with Crippen LogP contribution in [0.3, 0.4) is 0 Å². The first-order chi connectivity index (χ1) is 14.4. The van der Waals surface area contributed by atoms with Gasteiger partial charge >= 0.3 is 0 Å². The van der Waals surface area contributed by atoms with E-state index in [-0.39, 0.29) is 24.6 Å². The van der Waals surface area contributed by atoms with Crippen LogP contribution >= 0.6 is 15.9 Å². The number of halogens is 1. The summed E-state index contributed by atoms with van der Waals surface area (Å²) in [6.45, 7) is 2.46. The summed E-state index contributed by atoms with van der Waals surface area (Å²) in [5.74, 6) is 0.0611. The van der Waals surface area contributed by atoms with E-state index in [2.05, 4.69) is 20.9 Å². The molecule has 0 radical (unpaired) electrons. The average Bonchev–Trinajstić information content (AvgIpc) is 2.88. The number of nitro groups is 1. The van der Waals surface area contributed by atoms with Crippen molar-refractivity contribution >= 4 is 45.1 Å². The summed E-state index contributed by atoms with van der Waals surface area (Å²) in [5.41, 5.74) is 8.73. The summed E-state index contributed by atoms with van der Waals surface area (Å²) in [6.07, 6.45) is 2.70. The van der Waals surface area contributed by atoms with Crippen LogP contribution in [0.15, 0.2) is 57.5 Å². The van der Waals surface area contributed by atoms with Gasteiger partial charge < -0.3 is 5.73 Å². The molecule has 1 amide bonds. The van der Waals surface area contributed by atoms with Gasteiger partial charge in [-0.05, 0) is 42.3 Å². The minimum Gasteiger partial charge on any atom is -0.387 e. The van der Waals surface area contributed by atoms with E-state index >= 15 is 0 Å². The first kappa shape index (κ1) is 21.7. The van der Waals surface area contributed by atoms with E-state index in [0.29, 0.717) is 30.1 Å². The number of nitrogens with zero attached hydrogens (tertiary/aromatic N) is 3. The maximum atomic E-state index is 13.2. The predicted octanol–water partition coefficient (Wildman–Crippen LogP) is 4.50. The molecule has 0 aromatic heterocycles. The molecule has 0 spiro atoms. The molecule has 2 N–H and O–H groups in total. The first-order valence-corrected chi connectivity index (χ1v) is 10.2. The molecule has 1 aliphatic rings. The number of nitrogens with two attached hydrogens (primary N) is 1. The number of hydroxylamine groups is 2. The topological polar surface area (TPSA) is 111 Å². The molecule has 0 saturated heterocycles. The smallest absolute Gasteiger partial charge is 0.273 e. The lowest BCUT2D eigenvalue weighted by Crippen LogP contribution is -2.34. The van der Waals surface area contributed by atoms with E-state index in [9.17, 15) is 14.9 Å². The van der Waals surface area contributed by atoms with Crippen molar-refractivity contribution in [3.05, 3.63) is 73.8 Å². The Balaban J connectivity index is 1.78. The Morgan fingerprint density at radius 3 is 2.70 bits per heavy atom. The van der Waals surface area contributed by atoms with Crippen LogP contribution in [0.2, 0.25) is 0 Å². The van der Waals surface area contributed by atoms with Gasteiger partial charge in [-0.15, -0.1) is 0 Å². The number of carbonyl (C=O) groups excluding carboxylic acids is 1. The lowest BCUT2D eigenvalue weighted by atomic mass is 10.1. The highest BCUT2D eigenvalue weighted by molar-refractivity contribution is 9.10. The van der Waals surface area contributed by atoms with E-state index in [1.165, 1.54) is 17.2 Å². The average molecular weight is 473 g/mol. The van der Waals surface area contributed by atoms with E-state index in [0.717, 1.165) is 15.6 Å². The van der Waals surface area contributed by atoms with Crippen molar-refractivity contribution in [2.75, 3.05) is 6.54 Å². The Labute approximate surface area is 182 Å². The second-order valence-corrected chi connectivity index (χ2v) is 7.67. The highest BCUT2D eigenvalue weighted by atomic mass is 79.9. The number of carbonyl (C=O) groups is 1. The maximum Gasteiger partial charge on any atom is 0.273 e. The Kier molecular flexibility index (Phi) is 6.96. The van der Waals surface area contributed by atoms with Crippen molar-refractivity contribution in [1.82, 2.24) is 5.06 Å². The van der Waals surface area contributed by atoms with Gasteiger partial charge in [0.15, 0.2) is 0 Å². The van der Waals surface area contributed by atoms with Gasteiger partial charge in [0.05, 0.1) is 10.6 Å². The molecule has 8 nitrogen and oxygen atoms in total. The van der Waals surface area contributed by atoms with E-state index < -0.39 is 4.92 Å². The number of nitro benzene ring substituents is 1. The van der Waals surface area contributed by atoms with Gasteiger partial charge in [0, 0.05) is 40.7 Å². The second-order valence-electron chi connectivity index (χ2n) is 6.76. The highest BCUT2D eigenvalue weighted by Gasteiger charge is 2.22. The summed E-state index contributed by atoms with van der Waals surface area (Å²) in [5, 5.41) is 12.1. The van der Waals surface area contributed by atoms with Crippen molar-refractivity contribution in [1.29, 1.82) is 0 Å². The zero-order valence-corrected chi connectivity index (χ0v) is 18.0. The molecular formula is C21H21BrN4O4. The number of hydrogen-bond acceptors (Lipinski definition) is 6. The molecule has 0 aliphatic carbocycles. The third-order valence-corrected chi connectivity index (χ3v) is 4.91. The molecule has 2 aromatic rings. The van der Waals surface area contributed by atoms with Crippen LogP contribution < -0.4 is 5.73 Å². The SMILES string of the molecule is CCCN(OCc1ccc([N+](=O)[O-])cc1)C(=O)C1=Cc2ccc(Br)cc2N=C(N)C1. The van der Waals surface area contributed by atoms with Crippen LogP contribution in [0.1, 0.15) is 30.9 Å². The lowest BCUT2D eigenvalue weighted by molar-refractivity contribution is -0.384. The van der Waals surface area contributed by atoms with E-state index in [1.54, 1.807) is 18.2 Å². The van der Waals surface area contributed by atoms with E-state index in [4.69, 9.17) is 10.6 Å². The molecule has 2 aromatic carbocycles. The lowest BCUT2D eigenvalue weighted by Gasteiger charge is -2.22. The van der Waals surface area contributed by atoms with Crippen LogP contribution in [0, 0.1) is 10.1 Å². The number of amides is 1. The number of aliphatic imine (C=N–C) groups is 1. The number of non-ortho nitro benzene ring substituents is 1. The molecule has 1 heterocycles. The van der Waals surface area contributed by atoms with Gasteiger partial charge in [-0.25, -0.2) is 10.1 Å². The second kappa shape index (κ2) is 9.64. The molecular weight excluding hydrogens is 452 g/mol. The molecule has 30 heavy (non-hydrogen) atoms. The molecule has 0 bridgehead atoms. The molecule has 9 heteroatoms. The van der Waals surface area contributed by atoms with Crippen LogP contribution in [-0.2, 0) is 16.2 Å². The van der Waals surface area contributed by atoms with Crippen molar-refractivity contribution in [3.63, 3.8) is 0 Å². The summed E-state index contributed by atoms with van der Waals surface area (Å²) in [4.78, 5) is 33.6. The predicted molar refractivity (Wildman–Crippen MR) is 118 cm³/mol. The van der Waals surface area contributed by atoms with Crippen LogP contribution in [0.25, 0.3) is 6.08 Å². The molecule has 0 saturated carbocycles. The Morgan fingerprint density at radius 2 is 2.03 bits per heavy atom. The Bertz CT molecular complexity index is 1020. The van der Waals surface area contributed by atoms with Gasteiger partial charge in [0.1, 0.15) is 12.4 Å². The van der Waals surface area contributed by atoms with Gasteiger partial charge in [0.25, 0.3) is 11.6 Å². The number of benzene rings is 2. The van der Waals surface area contributed by atoms with Gasteiger partial charge in [-0.3, -0.25) is 19.7 Å². The Morgan fingerprint density at radius 1 is 1.30 bits per heavy atom. The zero-order valence-electron chi connectivity index (χ0n) is 16.4. The number of fused-ring (bicyclic) bond motifs is 1. The van der Waals surface area contributed by atoms with E-state index in [1.807, 2.05) is 25.1 Å². The monoisotopic (exact) mass is 472 g/mol. The van der Waals surface area contributed by atoms with Crippen LogP contribution in [0.4, 0.5) is 11.4 Å². The van der Waals surface area contributed by atoms with Crippen LogP contribution in [-0.4, -0.2) is 28.3 Å².